The van der Waals surface area contributed by atoms with Crippen LogP contribution < -0.4 is 15.1 Å². The second-order valence-electron chi connectivity index (χ2n) is 8.91. The summed E-state index contributed by atoms with van der Waals surface area (Å²) in [5.74, 6) is -0.686. The molecule has 3 aromatic carbocycles. The molecule has 3 aromatic rings. The fourth-order valence-electron chi connectivity index (χ4n) is 4.15. The predicted molar refractivity (Wildman–Crippen MR) is 136 cm³/mol. The third kappa shape index (κ3) is 4.27. The molecular formula is C28H29N3O2. The van der Waals surface area contributed by atoms with Gasteiger partial charge in [-0.15, -0.1) is 0 Å². The van der Waals surface area contributed by atoms with Crippen molar-refractivity contribution in [2.75, 3.05) is 29.2 Å². The molecule has 0 radical (unpaired) electrons. The smallest absolute Gasteiger partial charge is 0.282 e. The lowest BCUT2D eigenvalue weighted by atomic mass is 9.99. The molecule has 0 saturated heterocycles. The normalized spacial score (nSPS) is 13.7. The van der Waals surface area contributed by atoms with Crippen LogP contribution in [-0.2, 0) is 9.59 Å². The molecule has 0 saturated carbocycles. The summed E-state index contributed by atoms with van der Waals surface area (Å²) in [5, 5.41) is 3.28. The van der Waals surface area contributed by atoms with Crippen molar-refractivity contribution in [3.8, 4) is 0 Å². The molecule has 1 aliphatic rings. The number of carbonyl (C=O) groups excluding carboxylic acids is 2. The van der Waals surface area contributed by atoms with Gasteiger partial charge in [-0.1, -0.05) is 30.3 Å². The lowest BCUT2D eigenvalue weighted by Gasteiger charge is -2.19. The first kappa shape index (κ1) is 22.3. The van der Waals surface area contributed by atoms with E-state index in [1.165, 1.54) is 4.90 Å². The van der Waals surface area contributed by atoms with Crippen LogP contribution in [0.25, 0.3) is 5.57 Å². The highest BCUT2D eigenvalue weighted by atomic mass is 16.2. The second kappa shape index (κ2) is 8.58. The second-order valence-corrected chi connectivity index (χ2v) is 8.91. The molecule has 0 aliphatic carbocycles. The van der Waals surface area contributed by atoms with Gasteiger partial charge >= 0.3 is 0 Å². The van der Waals surface area contributed by atoms with Crippen molar-refractivity contribution in [2.24, 2.45) is 0 Å². The lowest BCUT2D eigenvalue weighted by molar-refractivity contribution is -0.120. The summed E-state index contributed by atoms with van der Waals surface area (Å²) < 4.78 is 0. The molecule has 0 bridgehead atoms. The summed E-state index contributed by atoms with van der Waals surface area (Å²) in [7, 11) is 3.86. The van der Waals surface area contributed by atoms with Gasteiger partial charge in [-0.3, -0.25) is 9.59 Å². The molecule has 0 unspecified atom stereocenters. The van der Waals surface area contributed by atoms with Crippen molar-refractivity contribution in [1.29, 1.82) is 0 Å². The number of aryl methyl sites for hydroxylation is 4. The Morgan fingerprint density at radius 2 is 1.45 bits per heavy atom. The number of imide groups is 1. The van der Waals surface area contributed by atoms with Crippen LogP contribution in [0.4, 0.5) is 17.1 Å². The fraction of sp³-hybridized carbons (Fsp3) is 0.214. The molecule has 1 heterocycles. The van der Waals surface area contributed by atoms with Gasteiger partial charge < -0.3 is 10.2 Å². The van der Waals surface area contributed by atoms with Crippen LogP contribution in [0.2, 0.25) is 0 Å². The zero-order valence-corrected chi connectivity index (χ0v) is 20.0. The van der Waals surface area contributed by atoms with E-state index in [0.717, 1.165) is 39.2 Å². The number of hydrogen-bond donors (Lipinski definition) is 1. The maximum Gasteiger partial charge on any atom is 0.282 e. The van der Waals surface area contributed by atoms with Gasteiger partial charge in [0.25, 0.3) is 11.8 Å². The molecule has 5 heteroatoms. The molecule has 5 nitrogen and oxygen atoms in total. The highest BCUT2D eigenvalue weighted by Gasteiger charge is 2.40. The average molecular weight is 440 g/mol. The maximum absolute atomic E-state index is 13.7. The number of anilines is 3. The molecule has 0 spiro atoms. The zero-order chi connectivity index (χ0) is 23.9. The molecule has 0 fully saturated rings. The van der Waals surface area contributed by atoms with E-state index in [1.807, 2.05) is 95.2 Å². The van der Waals surface area contributed by atoms with Crippen LogP contribution >= 0.6 is 0 Å². The Hall–Kier alpha value is -3.86. The SMILES string of the molecule is Cc1cc(C)cc(NC2=C(c3ccc(C)c(C)c3)C(=O)N(c3cccc(N(C)C)c3)C2=O)c1. The number of rotatable bonds is 5. The number of hydrogen-bond acceptors (Lipinski definition) is 4. The van der Waals surface area contributed by atoms with Crippen molar-refractivity contribution in [1.82, 2.24) is 0 Å². The summed E-state index contributed by atoms with van der Waals surface area (Å²) in [6, 6.07) is 19.3. The number of amides is 2. The molecule has 0 aromatic heterocycles. The van der Waals surface area contributed by atoms with Gasteiger partial charge in [0.15, 0.2) is 0 Å². The molecule has 2 amide bonds. The van der Waals surface area contributed by atoms with Gasteiger partial charge in [0.1, 0.15) is 5.70 Å². The fourth-order valence-corrected chi connectivity index (χ4v) is 4.15. The van der Waals surface area contributed by atoms with E-state index < -0.39 is 0 Å². The minimum absolute atomic E-state index is 0.295. The molecule has 1 aliphatic heterocycles. The predicted octanol–water partition coefficient (Wildman–Crippen LogP) is 5.38. The molecule has 4 rings (SSSR count). The van der Waals surface area contributed by atoms with Gasteiger partial charge in [-0.2, -0.15) is 0 Å². The maximum atomic E-state index is 13.7. The van der Waals surface area contributed by atoms with Gasteiger partial charge in [0, 0.05) is 25.5 Å². The molecule has 1 N–H and O–H groups in total. The van der Waals surface area contributed by atoms with Crippen molar-refractivity contribution in [3.63, 3.8) is 0 Å². The minimum Gasteiger partial charge on any atom is -0.378 e. The van der Waals surface area contributed by atoms with E-state index in [1.54, 1.807) is 6.07 Å². The Labute approximate surface area is 195 Å². The molecular weight excluding hydrogens is 410 g/mol. The Morgan fingerprint density at radius 3 is 2.09 bits per heavy atom. The first-order valence-corrected chi connectivity index (χ1v) is 11.0. The summed E-state index contributed by atoms with van der Waals surface area (Å²) in [5.41, 5.74) is 8.03. The molecule has 168 valence electrons. The highest BCUT2D eigenvalue weighted by Crippen LogP contribution is 2.35. The summed E-state index contributed by atoms with van der Waals surface area (Å²) >= 11 is 0. The number of nitrogens with one attached hydrogen (secondary N) is 1. The van der Waals surface area contributed by atoms with Crippen LogP contribution in [0.15, 0.2) is 66.4 Å². The third-order valence-electron chi connectivity index (χ3n) is 5.97. The quantitative estimate of drug-likeness (QED) is 0.542. The topological polar surface area (TPSA) is 52.7 Å². The van der Waals surface area contributed by atoms with E-state index in [0.29, 0.717) is 17.0 Å². The van der Waals surface area contributed by atoms with Crippen LogP contribution in [0.3, 0.4) is 0 Å². The highest BCUT2D eigenvalue weighted by molar-refractivity contribution is 6.46. The van der Waals surface area contributed by atoms with Crippen LogP contribution in [-0.4, -0.2) is 25.9 Å². The van der Waals surface area contributed by atoms with Crippen molar-refractivity contribution < 1.29 is 9.59 Å². The Kier molecular flexibility index (Phi) is 5.81. The van der Waals surface area contributed by atoms with E-state index in [9.17, 15) is 9.59 Å². The monoisotopic (exact) mass is 439 g/mol. The first-order chi connectivity index (χ1) is 15.7. The number of benzene rings is 3. The Bertz CT molecular complexity index is 1280. The van der Waals surface area contributed by atoms with Crippen molar-refractivity contribution in [3.05, 3.63) is 94.2 Å². The largest absolute Gasteiger partial charge is 0.378 e. The van der Waals surface area contributed by atoms with Crippen LogP contribution in [0, 0.1) is 27.7 Å². The third-order valence-corrected chi connectivity index (χ3v) is 5.97. The van der Waals surface area contributed by atoms with E-state index in [4.69, 9.17) is 0 Å². The lowest BCUT2D eigenvalue weighted by Crippen LogP contribution is -2.32. The minimum atomic E-state index is -0.358. The summed E-state index contributed by atoms with van der Waals surface area (Å²) in [6.07, 6.45) is 0. The van der Waals surface area contributed by atoms with Gasteiger partial charge in [-0.05, 0) is 85.8 Å². The van der Waals surface area contributed by atoms with Gasteiger partial charge in [-0.25, -0.2) is 4.90 Å². The zero-order valence-electron chi connectivity index (χ0n) is 20.0. The first-order valence-electron chi connectivity index (χ1n) is 11.0. The van der Waals surface area contributed by atoms with Gasteiger partial charge in [0.05, 0.1) is 11.3 Å². The van der Waals surface area contributed by atoms with Gasteiger partial charge in [0.2, 0.25) is 0 Å². The van der Waals surface area contributed by atoms with Crippen LogP contribution in [0.5, 0.6) is 0 Å². The summed E-state index contributed by atoms with van der Waals surface area (Å²) in [4.78, 5) is 30.6. The van der Waals surface area contributed by atoms with E-state index in [2.05, 4.69) is 11.4 Å². The van der Waals surface area contributed by atoms with E-state index >= 15 is 0 Å². The Balaban J connectivity index is 1.85. The van der Waals surface area contributed by atoms with E-state index in [-0.39, 0.29) is 11.8 Å². The molecule has 33 heavy (non-hydrogen) atoms. The average Bonchev–Trinajstić information content (AvgIpc) is 2.99. The molecule has 0 atom stereocenters. The van der Waals surface area contributed by atoms with Crippen LogP contribution in [0.1, 0.15) is 27.8 Å². The van der Waals surface area contributed by atoms with Crippen molar-refractivity contribution in [2.45, 2.75) is 27.7 Å². The van der Waals surface area contributed by atoms with Crippen molar-refractivity contribution >= 4 is 34.4 Å². The summed E-state index contributed by atoms with van der Waals surface area (Å²) in [6.45, 7) is 8.06. The number of nitrogens with zero attached hydrogens (tertiary/aromatic N) is 2. The standard InChI is InChI=1S/C28H29N3O2/c1-17-12-18(2)14-22(13-17)29-26-25(21-11-10-19(3)20(4)15-21)27(32)31(28(26)33)24-9-7-8-23(16-24)30(5)6/h7-16,29H,1-6H3. The Morgan fingerprint density at radius 1 is 0.758 bits per heavy atom. The number of carbonyl (C=O) groups is 2.